The largest absolute Gasteiger partial charge is 0.353 e. The Morgan fingerprint density at radius 1 is 1.28 bits per heavy atom. The number of rotatable bonds is 5. The maximum absolute atomic E-state index is 5.65. The van der Waals surface area contributed by atoms with Gasteiger partial charge in [0.25, 0.3) is 0 Å². The number of hydrogen-bond donors (Lipinski definition) is 1. The highest BCUT2D eigenvalue weighted by molar-refractivity contribution is 5.41. The molecule has 0 bridgehead atoms. The maximum Gasteiger partial charge on any atom is 0.132 e. The zero-order valence-corrected chi connectivity index (χ0v) is 11.5. The van der Waals surface area contributed by atoms with Crippen LogP contribution in [0.15, 0.2) is 6.07 Å². The van der Waals surface area contributed by atoms with Crippen molar-refractivity contribution in [2.75, 3.05) is 18.0 Å². The molecule has 0 saturated heterocycles. The van der Waals surface area contributed by atoms with Gasteiger partial charge in [0.1, 0.15) is 11.6 Å². The van der Waals surface area contributed by atoms with Crippen LogP contribution in [0.3, 0.4) is 0 Å². The summed E-state index contributed by atoms with van der Waals surface area (Å²) in [5.74, 6) is 1.95. The lowest BCUT2D eigenvalue weighted by Crippen LogP contribution is -2.36. The summed E-state index contributed by atoms with van der Waals surface area (Å²) in [7, 11) is 0. The Kier molecular flexibility index (Phi) is 4.53. The lowest BCUT2D eigenvalue weighted by atomic mass is 10.2. The van der Waals surface area contributed by atoms with E-state index in [4.69, 9.17) is 5.73 Å². The maximum atomic E-state index is 5.65. The van der Waals surface area contributed by atoms with Gasteiger partial charge < -0.3 is 10.6 Å². The summed E-state index contributed by atoms with van der Waals surface area (Å²) >= 11 is 0. The van der Waals surface area contributed by atoms with Crippen LogP contribution < -0.4 is 10.6 Å². The molecular weight excluding hydrogens is 224 g/mol. The highest BCUT2D eigenvalue weighted by Crippen LogP contribution is 2.27. The van der Waals surface area contributed by atoms with Crippen LogP contribution in [0.5, 0.6) is 0 Å². The SMILES string of the molecule is Cc1cc(N(CCCN)C2CCCC2)nc(C)n1. The molecule has 2 rings (SSSR count). The standard InChI is InChI=1S/C14H24N4/c1-11-10-14(17-12(2)16-11)18(9-5-8-15)13-6-3-4-7-13/h10,13H,3-9,15H2,1-2H3. The van der Waals surface area contributed by atoms with Gasteiger partial charge in [0.2, 0.25) is 0 Å². The second kappa shape index (κ2) is 6.14. The van der Waals surface area contributed by atoms with Crippen LogP contribution in [0.2, 0.25) is 0 Å². The molecule has 4 nitrogen and oxygen atoms in total. The number of nitrogens with two attached hydrogens (primary N) is 1. The Morgan fingerprint density at radius 2 is 2.00 bits per heavy atom. The summed E-state index contributed by atoms with van der Waals surface area (Å²) < 4.78 is 0. The van der Waals surface area contributed by atoms with Crippen molar-refractivity contribution in [1.82, 2.24) is 9.97 Å². The third-order valence-electron chi connectivity index (χ3n) is 3.62. The van der Waals surface area contributed by atoms with Gasteiger partial charge in [-0.15, -0.1) is 0 Å². The molecule has 1 fully saturated rings. The van der Waals surface area contributed by atoms with Crippen molar-refractivity contribution in [2.45, 2.75) is 52.0 Å². The highest BCUT2D eigenvalue weighted by Gasteiger charge is 2.23. The Hall–Kier alpha value is -1.16. The first-order valence-corrected chi connectivity index (χ1v) is 6.99. The van der Waals surface area contributed by atoms with Gasteiger partial charge in [-0.2, -0.15) is 0 Å². The number of nitrogens with zero attached hydrogens (tertiary/aromatic N) is 3. The monoisotopic (exact) mass is 248 g/mol. The van der Waals surface area contributed by atoms with Gasteiger partial charge in [0.15, 0.2) is 0 Å². The van der Waals surface area contributed by atoms with E-state index in [2.05, 4.69) is 20.9 Å². The Balaban J connectivity index is 2.20. The van der Waals surface area contributed by atoms with Crippen molar-refractivity contribution in [3.8, 4) is 0 Å². The molecular formula is C14H24N4. The van der Waals surface area contributed by atoms with Crippen LogP contribution in [0.25, 0.3) is 0 Å². The molecule has 0 radical (unpaired) electrons. The quantitative estimate of drug-likeness (QED) is 0.868. The van der Waals surface area contributed by atoms with E-state index in [1.807, 2.05) is 13.8 Å². The second-order valence-corrected chi connectivity index (χ2v) is 5.19. The number of aromatic nitrogens is 2. The van der Waals surface area contributed by atoms with Gasteiger partial charge in [-0.05, 0) is 39.7 Å². The first-order chi connectivity index (χ1) is 8.70. The second-order valence-electron chi connectivity index (χ2n) is 5.19. The molecule has 0 aliphatic heterocycles. The Bertz CT molecular complexity index is 365. The number of anilines is 1. The number of aryl methyl sites for hydroxylation is 2. The molecule has 0 unspecified atom stereocenters. The van der Waals surface area contributed by atoms with Crippen LogP contribution in [0, 0.1) is 13.8 Å². The van der Waals surface area contributed by atoms with Crippen molar-refractivity contribution in [2.24, 2.45) is 5.73 Å². The third-order valence-corrected chi connectivity index (χ3v) is 3.62. The van der Waals surface area contributed by atoms with Gasteiger partial charge in [0, 0.05) is 24.3 Å². The summed E-state index contributed by atoms with van der Waals surface area (Å²) in [6.07, 6.45) is 6.28. The molecule has 18 heavy (non-hydrogen) atoms. The molecule has 2 N–H and O–H groups in total. The van der Waals surface area contributed by atoms with Gasteiger partial charge in [-0.3, -0.25) is 0 Å². The van der Waals surface area contributed by atoms with Crippen molar-refractivity contribution >= 4 is 5.82 Å². The third kappa shape index (κ3) is 3.19. The molecule has 1 saturated carbocycles. The van der Waals surface area contributed by atoms with E-state index in [1.165, 1.54) is 25.7 Å². The van der Waals surface area contributed by atoms with Crippen LogP contribution >= 0.6 is 0 Å². The van der Waals surface area contributed by atoms with E-state index in [0.29, 0.717) is 6.04 Å². The molecule has 1 aromatic rings. The van der Waals surface area contributed by atoms with Gasteiger partial charge >= 0.3 is 0 Å². The van der Waals surface area contributed by atoms with Crippen molar-refractivity contribution < 1.29 is 0 Å². The van der Waals surface area contributed by atoms with Crippen LogP contribution in [-0.4, -0.2) is 29.1 Å². The van der Waals surface area contributed by atoms with E-state index in [0.717, 1.165) is 36.8 Å². The Morgan fingerprint density at radius 3 is 2.61 bits per heavy atom. The van der Waals surface area contributed by atoms with Crippen molar-refractivity contribution in [3.05, 3.63) is 17.6 Å². The molecule has 1 aliphatic rings. The fraction of sp³-hybridized carbons (Fsp3) is 0.714. The minimum atomic E-state index is 0.644. The predicted molar refractivity (Wildman–Crippen MR) is 74.8 cm³/mol. The van der Waals surface area contributed by atoms with Gasteiger partial charge in [-0.25, -0.2) is 9.97 Å². The van der Waals surface area contributed by atoms with Crippen LogP contribution in [-0.2, 0) is 0 Å². The summed E-state index contributed by atoms with van der Waals surface area (Å²) in [6, 6.07) is 2.74. The molecule has 0 amide bonds. The molecule has 0 spiro atoms. The van der Waals surface area contributed by atoms with Gasteiger partial charge in [-0.1, -0.05) is 12.8 Å². The minimum absolute atomic E-state index is 0.644. The van der Waals surface area contributed by atoms with E-state index < -0.39 is 0 Å². The first-order valence-electron chi connectivity index (χ1n) is 6.99. The number of hydrogen-bond acceptors (Lipinski definition) is 4. The molecule has 1 aliphatic carbocycles. The highest BCUT2D eigenvalue weighted by atomic mass is 15.2. The average molecular weight is 248 g/mol. The van der Waals surface area contributed by atoms with E-state index >= 15 is 0 Å². The molecule has 0 aromatic carbocycles. The van der Waals surface area contributed by atoms with Crippen LogP contribution in [0.4, 0.5) is 5.82 Å². The Labute approximate surface area is 110 Å². The van der Waals surface area contributed by atoms with Gasteiger partial charge in [0.05, 0.1) is 0 Å². The fourth-order valence-corrected chi connectivity index (χ4v) is 2.81. The molecule has 1 heterocycles. The summed E-state index contributed by atoms with van der Waals surface area (Å²) in [6.45, 7) is 5.75. The van der Waals surface area contributed by atoms with E-state index in [1.54, 1.807) is 0 Å². The van der Waals surface area contributed by atoms with E-state index in [9.17, 15) is 0 Å². The normalized spacial score (nSPS) is 16.2. The topological polar surface area (TPSA) is 55.0 Å². The zero-order valence-electron chi connectivity index (χ0n) is 11.5. The first kappa shape index (κ1) is 13.3. The summed E-state index contributed by atoms with van der Waals surface area (Å²) in [5, 5.41) is 0. The van der Waals surface area contributed by atoms with Crippen molar-refractivity contribution in [1.29, 1.82) is 0 Å². The fourth-order valence-electron chi connectivity index (χ4n) is 2.81. The van der Waals surface area contributed by atoms with Crippen molar-refractivity contribution in [3.63, 3.8) is 0 Å². The van der Waals surface area contributed by atoms with Crippen LogP contribution in [0.1, 0.15) is 43.6 Å². The summed E-state index contributed by atoms with van der Waals surface area (Å²) in [4.78, 5) is 11.4. The smallest absolute Gasteiger partial charge is 0.132 e. The molecule has 0 atom stereocenters. The zero-order chi connectivity index (χ0) is 13.0. The molecule has 100 valence electrons. The lowest BCUT2D eigenvalue weighted by molar-refractivity contribution is 0.585. The lowest BCUT2D eigenvalue weighted by Gasteiger charge is -2.30. The summed E-state index contributed by atoms with van der Waals surface area (Å²) in [5.41, 5.74) is 6.70. The molecule has 4 heteroatoms. The average Bonchev–Trinajstić information content (AvgIpc) is 2.82. The van der Waals surface area contributed by atoms with E-state index in [-0.39, 0.29) is 0 Å². The minimum Gasteiger partial charge on any atom is -0.353 e. The predicted octanol–water partition coefficient (Wildman–Crippen LogP) is 2.19. The molecule has 1 aromatic heterocycles.